The Labute approximate surface area is 196 Å². The van der Waals surface area contributed by atoms with Gasteiger partial charge in [0, 0.05) is 39.1 Å². The van der Waals surface area contributed by atoms with E-state index in [1.165, 1.54) is 17.7 Å². The number of hydrogen-bond donors (Lipinski definition) is 2. The second kappa shape index (κ2) is 11.7. The van der Waals surface area contributed by atoms with Gasteiger partial charge in [0.1, 0.15) is 0 Å². The Morgan fingerprint density at radius 1 is 0.968 bits per heavy atom. The molecule has 0 aliphatic heterocycles. The first-order valence-corrected chi connectivity index (χ1v) is 9.58. The number of aliphatic imine (C=N–C) groups is 1. The van der Waals surface area contributed by atoms with E-state index in [1.807, 2.05) is 10.8 Å². The Bertz CT molecular complexity index is 937. The molecule has 0 saturated carbocycles. The molecule has 0 spiro atoms. The van der Waals surface area contributed by atoms with Gasteiger partial charge < -0.3 is 15.2 Å². The molecule has 0 unspecified atom stereocenters. The second-order valence-electron chi connectivity index (χ2n) is 6.85. The normalized spacial score (nSPS) is 11.7. The first kappa shape index (κ1) is 24.7. The molecule has 9 heteroatoms. The topological polar surface area (TPSA) is 54.2 Å². The lowest BCUT2D eigenvalue weighted by Crippen LogP contribution is -2.37. The van der Waals surface area contributed by atoms with Crippen LogP contribution in [0.15, 0.2) is 72.2 Å². The Kier molecular flexibility index (Phi) is 9.35. The summed E-state index contributed by atoms with van der Waals surface area (Å²) in [6.07, 6.45) is 1.77. The third-order valence-electron chi connectivity index (χ3n) is 4.62. The van der Waals surface area contributed by atoms with Crippen molar-refractivity contribution in [3.05, 3.63) is 89.5 Å². The van der Waals surface area contributed by atoms with E-state index in [4.69, 9.17) is 0 Å². The molecule has 5 nitrogen and oxygen atoms in total. The van der Waals surface area contributed by atoms with Gasteiger partial charge in [-0.05, 0) is 35.2 Å². The highest BCUT2D eigenvalue weighted by Gasteiger charge is 2.29. The van der Waals surface area contributed by atoms with E-state index in [-0.39, 0.29) is 24.0 Å². The van der Waals surface area contributed by atoms with Crippen molar-refractivity contribution in [1.29, 1.82) is 0 Å². The summed E-state index contributed by atoms with van der Waals surface area (Å²) in [5, 5.41) is 6.42. The van der Waals surface area contributed by atoms with Gasteiger partial charge in [0.05, 0.1) is 11.9 Å². The van der Waals surface area contributed by atoms with E-state index in [0.717, 1.165) is 29.8 Å². The Morgan fingerprint density at radius 3 is 2.19 bits per heavy atom. The van der Waals surface area contributed by atoms with Crippen molar-refractivity contribution in [2.45, 2.75) is 25.7 Å². The highest BCUT2D eigenvalue weighted by atomic mass is 127. The number of nitrogens with one attached hydrogen (secondary N) is 2. The lowest BCUT2D eigenvalue weighted by atomic mass is 10.1. The van der Waals surface area contributed by atoms with Crippen LogP contribution >= 0.6 is 24.0 Å². The number of benzene rings is 2. The molecule has 2 N–H and O–H groups in total. The van der Waals surface area contributed by atoms with Gasteiger partial charge in [0.15, 0.2) is 5.96 Å². The van der Waals surface area contributed by atoms with Gasteiger partial charge in [-0.2, -0.15) is 13.2 Å². The van der Waals surface area contributed by atoms with Gasteiger partial charge in [-0.25, -0.2) is 4.98 Å². The molecule has 0 atom stereocenters. The molecule has 1 heterocycles. The molecule has 0 aliphatic carbocycles. The summed E-state index contributed by atoms with van der Waals surface area (Å²) in [5.41, 5.74) is 2.51. The van der Waals surface area contributed by atoms with Gasteiger partial charge in [0.2, 0.25) is 0 Å². The van der Waals surface area contributed by atoms with E-state index in [1.54, 1.807) is 19.6 Å². The maximum atomic E-state index is 12.6. The minimum Gasteiger partial charge on any atom is -0.356 e. The van der Waals surface area contributed by atoms with Crippen LogP contribution < -0.4 is 10.6 Å². The van der Waals surface area contributed by atoms with Crippen LogP contribution in [0.5, 0.6) is 0 Å². The number of alkyl halides is 3. The fraction of sp³-hybridized carbons (Fsp3) is 0.273. The van der Waals surface area contributed by atoms with Crippen molar-refractivity contribution >= 4 is 29.9 Å². The van der Waals surface area contributed by atoms with Crippen LogP contribution in [0.25, 0.3) is 0 Å². The van der Waals surface area contributed by atoms with Crippen molar-refractivity contribution in [2.24, 2.45) is 4.99 Å². The fourth-order valence-corrected chi connectivity index (χ4v) is 2.95. The number of halogens is 4. The predicted octanol–water partition coefficient (Wildman–Crippen LogP) is 4.48. The first-order chi connectivity index (χ1) is 14.4. The highest BCUT2D eigenvalue weighted by Crippen LogP contribution is 2.29. The van der Waals surface area contributed by atoms with E-state index in [0.29, 0.717) is 25.5 Å². The standard InChI is InChI=1S/C22H24F3N5.HI/c1-26-21(28-11-10-17-6-8-20(9-7-17)22(23,24)25)29-14-18-2-4-19(5-3-18)15-30-13-12-27-16-30;/h2-9,12-13,16H,10-11,14-15H2,1H3,(H2,26,28,29);1H. The Hall–Kier alpha value is -2.56. The molecule has 0 amide bonds. The van der Waals surface area contributed by atoms with Crippen molar-refractivity contribution in [1.82, 2.24) is 20.2 Å². The average Bonchev–Trinajstić information content (AvgIpc) is 3.24. The van der Waals surface area contributed by atoms with Crippen LogP contribution in [0, 0.1) is 0 Å². The number of rotatable bonds is 7. The third-order valence-corrected chi connectivity index (χ3v) is 4.62. The van der Waals surface area contributed by atoms with Gasteiger partial charge in [-0.15, -0.1) is 24.0 Å². The van der Waals surface area contributed by atoms with Crippen molar-refractivity contribution in [2.75, 3.05) is 13.6 Å². The first-order valence-electron chi connectivity index (χ1n) is 9.58. The largest absolute Gasteiger partial charge is 0.416 e. The molecule has 166 valence electrons. The molecule has 0 fully saturated rings. The zero-order valence-electron chi connectivity index (χ0n) is 17.1. The fourth-order valence-electron chi connectivity index (χ4n) is 2.95. The molecular weight excluding hydrogens is 518 g/mol. The number of imidazole rings is 1. The van der Waals surface area contributed by atoms with E-state index in [9.17, 15) is 13.2 Å². The third kappa shape index (κ3) is 7.89. The summed E-state index contributed by atoms with van der Waals surface area (Å²) < 4.78 is 39.9. The molecule has 1 aromatic heterocycles. The molecule has 0 bridgehead atoms. The maximum absolute atomic E-state index is 12.6. The minimum absolute atomic E-state index is 0. The zero-order chi connectivity index (χ0) is 21.4. The lowest BCUT2D eigenvalue weighted by Gasteiger charge is -2.13. The number of nitrogens with zero attached hydrogens (tertiary/aromatic N) is 3. The molecule has 3 aromatic rings. The number of hydrogen-bond acceptors (Lipinski definition) is 2. The lowest BCUT2D eigenvalue weighted by molar-refractivity contribution is -0.137. The molecule has 0 radical (unpaired) electrons. The zero-order valence-corrected chi connectivity index (χ0v) is 19.4. The minimum atomic E-state index is -4.31. The van der Waals surface area contributed by atoms with Crippen molar-refractivity contribution in [3.8, 4) is 0 Å². The Balaban J connectivity index is 0.00000341. The molecule has 0 aliphatic rings. The summed E-state index contributed by atoms with van der Waals surface area (Å²) in [4.78, 5) is 8.22. The van der Waals surface area contributed by atoms with Crippen LogP contribution in [0.2, 0.25) is 0 Å². The van der Waals surface area contributed by atoms with Crippen LogP contribution in [0.4, 0.5) is 13.2 Å². The van der Waals surface area contributed by atoms with E-state index in [2.05, 4.69) is 44.9 Å². The van der Waals surface area contributed by atoms with Gasteiger partial charge >= 0.3 is 6.18 Å². The molecule has 2 aromatic carbocycles. The summed E-state index contributed by atoms with van der Waals surface area (Å²) in [7, 11) is 1.68. The summed E-state index contributed by atoms with van der Waals surface area (Å²) in [5.74, 6) is 0.643. The maximum Gasteiger partial charge on any atom is 0.416 e. The summed E-state index contributed by atoms with van der Waals surface area (Å²) >= 11 is 0. The van der Waals surface area contributed by atoms with Gasteiger partial charge in [-0.1, -0.05) is 36.4 Å². The highest BCUT2D eigenvalue weighted by molar-refractivity contribution is 14.0. The Morgan fingerprint density at radius 2 is 1.61 bits per heavy atom. The molecular formula is C22H25F3IN5. The summed E-state index contributed by atoms with van der Waals surface area (Å²) in [6.45, 7) is 1.96. The number of aromatic nitrogens is 2. The predicted molar refractivity (Wildman–Crippen MR) is 127 cm³/mol. The molecule has 31 heavy (non-hydrogen) atoms. The van der Waals surface area contributed by atoms with Crippen LogP contribution in [0.1, 0.15) is 22.3 Å². The smallest absolute Gasteiger partial charge is 0.356 e. The van der Waals surface area contributed by atoms with Crippen molar-refractivity contribution in [3.63, 3.8) is 0 Å². The molecule has 3 rings (SSSR count). The van der Waals surface area contributed by atoms with E-state index >= 15 is 0 Å². The average molecular weight is 543 g/mol. The SMILES string of the molecule is CN=C(NCCc1ccc(C(F)(F)F)cc1)NCc1ccc(Cn2ccnc2)cc1.I. The van der Waals surface area contributed by atoms with Crippen LogP contribution in [-0.4, -0.2) is 29.1 Å². The van der Waals surface area contributed by atoms with E-state index < -0.39 is 11.7 Å². The quantitative estimate of drug-likeness (QED) is 0.263. The summed E-state index contributed by atoms with van der Waals surface area (Å²) in [6, 6.07) is 13.5. The monoisotopic (exact) mass is 543 g/mol. The van der Waals surface area contributed by atoms with Crippen molar-refractivity contribution < 1.29 is 13.2 Å². The van der Waals surface area contributed by atoms with Crippen LogP contribution in [-0.2, 0) is 25.7 Å². The number of guanidine groups is 1. The second-order valence-corrected chi connectivity index (χ2v) is 6.85. The molecule has 0 saturated heterocycles. The van der Waals surface area contributed by atoms with Crippen LogP contribution in [0.3, 0.4) is 0 Å². The van der Waals surface area contributed by atoms with Gasteiger partial charge in [-0.3, -0.25) is 4.99 Å². The van der Waals surface area contributed by atoms with Gasteiger partial charge in [0.25, 0.3) is 0 Å².